The van der Waals surface area contributed by atoms with Gasteiger partial charge >= 0.3 is 0 Å². The molecule has 1 aromatic carbocycles. The van der Waals surface area contributed by atoms with Crippen LogP contribution in [0.3, 0.4) is 0 Å². The molecule has 1 aromatic heterocycles. The molecule has 0 aliphatic heterocycles. The average molecular weight is 340 g/mol. The van der Waals surface area contributed by atoms with E-state index in [9.17, 15) is 5.11 Å². The third kappa shape index (κ3) is 4.37. The number of rotatable bonds is 7. The van der Waals surface area contributed by atoms with Crippen molar-refractivity contribution in [3.63, 3.8) is 0 Å². The molecule has 0 aliphatic carbocycles. The molecule has 2 unspecified atom stereocenters. The summed E-state index contributed by atoms with van der Waals surface area (Å²) in [6.45, 7) is 2.66. The first-order chi connectivity index (χ1) is 9.66. The number of ether oxygens (including phenoxy) is 1. The molecule has 108 valence electrons. The number of nitrogens with one attached hydrogen (secondary N) is 1. The Kier molecular flexibility index (Phi) is 5.64. The first kappa shape index (κ1) is 15.1. The summed E-state index contributed by atoms with van der Waals surface area (Å²) >= 11 is 3.40. The Morgan fingerprint density at radius 2 is 2.10 bits per heavy atom. The maximum Gasteiger partial charge on any atom is 0.133 e. The Balaban J connectivity index is 1.73. The zero-order valence-electron chi connectivity index (χ0n) is 11.3. The molecule has 0 amide bonds. The second kappa shape index (κ2) is 7.47. The van der Waals surface area contributed by atoms with Gasteiger partial charge in [-0.3, -0.25) is 0 Å². The predicted molar refractivity (Wildman–Crippen MR) is 80.8 cm³/mol. The van der Waals surface area contributed by atoms with Gasteiger partial charge in [0.1, 0.15) is 24.2 Å². The highest BCUT2D eigenvalue weighted by Crippen LogP contribution is 2.23. The maximum absolute atomic E-state index is 9.91. The zero-order valence-corrected chi connectivity index (χ0v) is 12.8. The largest absolute Gasteiger partial charge is 0.490 e. The third-order valence-corrected chi connectivity index (χ3v) is 3.55. The van der Waals surface area contributed by atoms with E-state index in [1.807, 2.05) is 43.3 Å². The number of furan rings is 1. The molecule has 0 saturated heterocycles. The fourth-order valence-electron chi connectivity index (χ4n) is 1.76. The van der Waals surface area contributed by atoms with Crippen LogP contribution in [0.15, 0.2) is 51.6 Å². The van der Waals surface area contributed by atoms with Gasteiger partial charge in [0.25, 0.3) is 0 Å². The normalized spacial score (nSPS) is 13.9. The lowest BCUT2D eigenvalue weighted by Crippen LogP contribution is -2.32. The molecule has 0 saturated carbocycles. The highest BCUT2D eigenvalue weighted by molar-refractivity contribution is 9.10. The summed E-state index contributed by atoms with van der Waals surface area (Å²) in [6, 6.07) is 11.4. The van der Waals surface area contributed by atoms with Gasteiger partial charge in [-0.05, 0) is 47.1 Å². The minimum absolute atomic E-state index is 0.0584. The second-order valence-corrected chi connectivity index (χ2v) is 5.39. The number of halogens is 1. The van der Waals surface area contributed by atoms with E-state index in [2.05, 4.69) is 21.2 Å². The molecule has 0 aliphatic rings. The van der Waals surface area contributed by atoms with E-state index in [1.54, 1.807) is 6.26 Å². The molecule has 2 N–H and O–H groups in total. The molecule has 2 rings (SSSR count). The van der Waals surface area contributed by atoms with Crippen LogP contribution in [-0.2, 0) is 0 Å². The number of benzene rings is 1. The van der Waals surface area contributed by atoms with Gasteiger partial charge in [0.2, 0.25) is 0 Å². The van der Waals surface area contributed by atoms with E-state index >= 15 is 0 Å². The monoisotopic (exact) mass is 339 g/mol. The van der Waals surface area contributed by atoms with E-state index < -0.39 is 6.10 Å². The molecular formula is C15H18BrNO3. The Bertz CT molecular complexity index is 516. The molecule has 0 radical (unpaired) electrons. The molecule has 20 heavy (non-hydrogen) atoms. The zero-order chi connectivity index (χ0) is 14.4. The lowest BCUT2D eigenvalue weighted by Gasteiger charge is -2.16. The number of hydrogen-bond donors (Lipinski definition) is 2. The number of hydrogen-bond acceptors (Lipinski definition) is 4. The average Bonchev–Trinajstić information content (AvgIpc) is 2.98. The summed E-state index contributed by atoms with van der Waals surface area (Å²) in [7, 11) is 0. The van der Waals surface area contributed by atoms with Crippen molar-refractivity contribution in [1.29, 1.82) is 0 Å². The van der Waals surface area contributed by atoms with Gasteiger partial charge in [-0.15, -0.1) is 0 Å². The highest BCUT2D eigenvalue weighted by Gasteiger charge is 2.11. The molecule has 2 aromatic rings. The Morgan fingerprint density at radius 3 is 2.80 bits per heavy atom. The number of para-hydroxylation sites is 1. The molecular weight excluding hydrogens is 322 g/mol. The Labute approximate surface area is 126 Å². The van der Waals surface area contributed by atoms with Crippen molar-refractivity contribution in [2.45, 2.75) is 19.1 Å². The van der Waals surface area contributed by atoms with Gasteiger partial charge in [-0.2, -0.15) is 0 Å². The molecule has 0 bridgehead atoms. The van der Waals surface area contributed by atoms with Gasteiger partial charge in [0.05, 0.1) is 16.8 Å². The number of aliphatic hydroxyl groups is 1. The summed E-state index contributed by atoms with van der Waals surface area (Å²) in [4.78, 5) is 0. The van der Waals surface area contributed by atoms with Crippen LogP contribution in [0.2, 0.25) is 0 Å². The summed E-state index contributed by atoms with van der Waals surface area (Å²) in [6.07, 6.45) is 1.06. The van der Waals surface area contributed by atoms with E-state index in [4.69, 9.17) is 9.15 Å². The smallest absolute Gasteiger partial charge is 0.133 e. The van der Waals surface area contributed by atoms with Crippen molar-refractivity contribution >= 4 is 15.9 Å². The first-order valence-electron chi connectivity index (χ1n) is 6.49. The quantitative estimate of drug-likeness (QED) is 0.813. The van der Waals surface area contributed by atoms with Crippen molar-refractivity contribution in [3.05, 3.63) is 52.9 Å². The van der Waals surface area contributed by atoms with Crippen LogP contribution in [0.1, 0.15) is 18.7 Å². The van der Waals surface area contributed by atoms with Gasteiger partial charge < -0.3 is 19.6 Å². The molecule has 5 heteroatoms. The SMILES string of the molecule is CC(NCC(O)COc1ccccc1Br)c1ccco1. The van der Waals surface area contributed by atoms with E-state index in [-0.39, 0.29) is 12.6 Å². The van der Waals surface area contributed by atoms with E-state index in [0.29, 0.717) is 6.54 Å². The van der Waals surface area contributed by atoms with Gasteiger partial charge in [-0.1, -0.05) is 12.1 Å². The first-order valence-corrected chi connectivity index (χ1v) is 7.28. The standard InChI is InChI=1S/C15H18BrNO3/c1-11(14-7-4-8-19-14)17-9-12(18)10-20-15-6-3-2-5-13(15)16/h2-8,11-12,17-18H,9-10H2,1H3. The van der Waals surface area contributed by atoms with E-state index in [1.165, 1.54) is 0 Å². The van der Waals surface area contributed by atoms with E-state index in [0.717, 1.165) is 16.0 Å². The molecule has 0 fully saturated rings. The summed E-state index contributed by atoms with van der Waals surface area (Å²) in [5.74, 6) is 1.58. The van der Waals surface area contributed by atoms with Gasteiger partial charge in [-0.25, -0.2) is 0 Å². The summed E-state index contributed by atoms with van der Waals surface area (Å²) in [5.41, 5.74) is 0. The van der Waals surface area contributed by atoms with Gasteiger partial charge in [0.15, 0.2) is 0 Å². The van der Waals surface area contributed by atoms with Crippen LogP contribution in [0.4, 0.5) is 0 Å². The topological polar surface area (TPSA) is 54.6 Å². The predicted octanol–water partition coefficient (Wildman–Crippen LogP) is 3.13. The fraction of sp³-hybridized carbons (Fsp3) is 0.333. The van der Waals surface area contributed by atoms with Crippen LogP contribution in [0.5, 0.6) is 5.75 Å². The van der Waals surface area contributed by atoms with Crippen LogP contribution >= 0.6 is 15.9 Å². The summed E-state index contributed by atoms with van der Waals surface area (Å²) in [5, 5.41) is 13.1. The van der Waals surface area contributed by atoms with Crippen molar-refractivity contribution in [2.75, 3.05) is 13.2 Å². The van der Waals surface area contributed by atoms with Crippen molar-refractivity contribution in [3.8, 4) is 5.75 Å². The second-order valence-electron chi connectivity index (χ2n) is 4.54. The minimum Gasteiger partial charge on any atom is -0.490 e. The highest BCUT2D eigenvalue weighted by atomic mass is 79.9. The van der Waals surface area contributed by atoms with Crippen LogP contribution < -0.4 is 10.1 Å². The minimum atomic E-state index is -0.584. The molecule has 0 spiro atoms. The van der Waals surface area contributed by atoms with Crippen molar-refractivity contribution in [2.24, 2.45) is 0 Å². The van der Waals surface area contributed by atoms with Crippen molar-refractivity contribution < 1.29 is 14.3 Å². The summed E-state index contributed by atoms with van der Waals surface area (Å²) < 4.78 is 11.7. The van der Waals surface area contributed by atoms with Crippen LogP contribution in [0, 0.1) is 0 Å². The van der Waals surface area contributed by atoms with Gasteiger partial charge in [0, 0.05) is 6.54 Å². The lowest BCUT2D eigenvalue weighted by molar-refractivity contribution is 0.103. The molecule has 2 atom stereocenters. The van der Waals surface area contributed by atoms with Crippen LogP contribution in [-0.4, -0.2) is 24.4 Å². The lowest BCUT2D eigenvalue weighted by atomic mass is 10.2. The van der Waals surface area contributed by atoms with Crippen LogP contribution in [0.25, 0.3) is 0 Å². The Morgan fingerprint density at radius 1 is 1.30 bits per heavy atom. The van der Waals surface area contributed by atoms with Crippen molar-refractivity contribution in [1.82, 2.24) is 5.32 Å². The third-order valence-electron chi connectivity index (χ3n) is 2.90. The maximum atomic E-state index is 9.91. The number of aliphatic hydroxyl groups excluding tert-OH is 1. The molecule has 4 nitrogen and oxygen atoms in total. The fourth-order valence-corrected chi connectivity index (χ4v) is 2.16. The Hall–Kier alpha value is -1.30. The molecule has 1 heterocycles.